The molecule has 0 bridgehead atoms. The number of carbonyl (C=O) groups excluding carboxylic acids is 1. The van der Waals surface area contributed by atoms with Gasteiger partial charge in [-0.2, -0.15) is 4.98 Å². The van der Waals surface area contributed by atoms with Crippen LogP contribution in [0.1, 0.15) is 41.6 Å². The Morgan fingerprint density at radius 1 is 1.21 bits per heavy atom. The quantitative estimate of drug-likeness (QED) is 0.723. The van der Waals surface area contributed by atoms with Crippen molar-refractivity contribution < 1.29 is 9.18 Å². The van der Waals surface area contributed by atoms with Gasteiger partial charge in [0.25, 0.3) is 5.91 Å². The van der Waals surface area contributed by atoms with Crippen LogP contribution in [0.2, 0.25) is 0 Å². The van der Waals surface area contributed by atoms with Gasteiger partial charge in [0.05, 0.1) is 4.47 Å². The summed E-state index contributed by atoms with van der Waals surface area (Å²) < 4.78 is 13.6. The predicted octanol–water partition coefficient (Wildman–Crippen LogP) is 3.91. The third-order valence-corrected chi connectivity index (χ3v) is 5.55. The van der Waals surface area contributed by atoms with E-state index in [1.807, 2.05) is 32.1 Å². The Hall–Kier alpha value is -2.22. The van der Waals surface area contributed by atoms with Crippen LogP contribution in [0.3, 0.4) is 0 Å². The van der Waals surface area contributed by atoms with E-state index in [1.165, 1.54) is 18.2 Å². The lowest BCUT2D eigenvalue weighted by molar-refractivity contribution is 0.0926. The van der Waals surface area contributed by atoms with Crippen molar-refractivity contribution in [3.63, 3.8) is 0 Å². The molecule has 1 saturated carbocycles. The molecule has 0 aliphatic heterocycles. The number of hydrogen-bond acceptors (Lipinski definition) is 5. The monoisotopic (exact) mass is 449 g/mol. The van der Waals surface area contributed by atoms with Crippen LogP contribution in [0.5, 0.6) is 0 Å². The normalized spacial score (nSPS) is 19.2. The minimum atomic E-state index is -0.374. The summed E-state index contributed by atoms with van der Waals surface area (Å²) in [6.45, 7) is 1.99. The highest BCUT2D eigenvalue weighted by atomic mass is 79.9. The average Bonchev–Trinajstić information content (AvgIpc) is 2.67. The van der Waals surface area contributed by atoms with Crippen molar-refractivity contribution in [2.45, 2.75) is 44.7 Å². The summed E-state index contributed by atoms with van der Waals surface area (Å²) in [6.07, 6.45) is 5.49. The average molecular weight is 450 g/mol. The van der Waals surface area contributed by atoms with Crippen LogP contribution >= 0.6 is 15.9 Å². The third kappa shape index (κ3) is 4.98. The van der Waals surface area contributed by atoms with Gasteiger partial charge in [-0.3, -0.25) is 4.79 Å². The molecular formula is C20H25BrFN5O. The second-order valence-electron chi connectivity index (χ2n) is 7.39. The van der Waals surface area contributed by atoms with Crippen LogP contribution in [0.4, 0.5) is 16.2 Å². The number of nitrogens with zero attached hydrogens (tertiary/aromatic N) is 3. The van der Waals surface area contributed by atoms with Crippen molar-refractivity contribution in [2.24, 2.45) is 0 Å². The van der Waals surface area contributed by atoms with Crippen LogP contribution in [-0.2, 0) is 0 Å². The van der Waals surface area contributed by atoms with Gasteiger partial charge in [0, 0.05) is 43.5 Å². The molecule has 1 fully saturated rings. The van der Waals surface area contributed by atoms with Crippen molar-refractivity contribution in [2.75, 3.05) is 24.3 Å². The minimum absolute atomic E-state index is 0.123. The molecule has 1 aromatic heterocycles. The zero-order valence-electron chi connectivity index (χ0n) is 16.3. The molecule has 1 heterocycles. The van der Waals surface area contributed by atoms with Gasteiger partial charge in [-0.05, 0) is 66.7 Å². The molecule has 150 valence electrons. The second-order valence-corrected chi connectivity index (χ2v) is 8.25. The lowest BCUT2D eigenvalue weighted by atomic mass is 9.91. The maximum absolute atomic E-state index is 13.3. The number of aromatic nitrogens is 2. The molecule has 0 saturated heterocycles. The van der Waals surface area contributed by atoms with Crippen LogP contribution < -0.4 is 15.5 Å². The maximum atomic E-state index is 13.3. The smallest absolute Gasteiger partial charge is 0.251 e. The fourth-order valence-corrected chi connectivity index (χ4v) is 3.65. The zero-order chi connectivity index (χ0) is 20.3. The molecule has 28 heavy (non-hydrogen) atoms. The largest absolute Gasteiger partial charge is 0.367 e. The fourth-order valence-electron chi connectivity index (χ4n) is 3.28. The second kappa shape index (κ2) is 8.86. The summed E-state index contributed by atoms with van der Waals surface area (Å²) in [4.78, 5) is 23.2. The molecule has 1 aromatic carbocycles. The Balaban J connectivity index is 1.54. The summed E-state index contributed by atoms with van der Waals surface area (Å²) in [7, 11) is 3.84. The summed E-state index contributed by atoms with van der Waals surface area (Å²) in [5.41, 5.74) is 1.48. The van der Waals surface area contributed by atoms with Crippen LogP contribution in [0, 0.1) is 12.7 Å². The molecule has 6 nitrogen and oxygen atoms in total. The van der Waals surface area contributed by atoms with Gasteiger partial charge < -0.3 is 15.5 Å². The number of anilines is 2. The highest BCUT2D eigenvalue weighted by Crippen LogP contribution is 2.24. The Bertz CT molecular complexity index is 852. The number of carbonyl (C=O) groups is 1. The lowest BCUT2D eigenvalue weighted by Gasteiger charge is -2.30. The summed E-state index contributed by atoms with van der Waals surface area (Å²) in [5.74, 6) is 1.00. The standard InChI is InChI=1S/C20H25BrFN5O/c1-12-11-23-20(27(2)3)26-18(12)24-14-5-7-15(8-6-14)25-19(28)13-4-9-17(22)16(21)10-13/h4,9-11,14-15H,5-8H2,1-3H3,(H,25,28)(H,23,24,26). The fraction of sp³-hybridized carbons (Fsp3) is 0.450. The molecule has 3 rings (SSSR count). The van der Waals surface area contributed by atoms with Crippen molar-refractivity contribution in [1.29, 1.82) is 0 Å². The van der Waals surface area contributed by atoms with E-state index in [9.17, 15) is 9.18 Å². The molecule has 0 radical (unpaired) electrons. The Labute approximate surface area is 173 Å². The molecule has 1 aliphatic carbocycles. The van der Waals surface area contributed by atoms with Crippen molar-refractivity contribution >= 4 is 33.6 Å². The van der Waals surface area contributed by atoms with Gasteiger partial charge in [-0.25, -0.2) is 9.37 Å². The highest BCUT2D eigenvalue weighted by molar-refractivity contribution is 9.10. The van der Waals surface area contributed by atoms with Gasteiger partial charge in [0.2, 0.25) is 5.95 Å². The first-order chi connectivity index (χ1) is 13.3. The zero-order valence-corrected chi connectivity index (χ0v) is 17.9. The van der Waals surface area contributed by atoms with Gasteiger partial charge in [-0.1, -0.05) is 0 Å². The van der Waals surface area contributed by atoms with E-state index in [1.54, 1.807) is 0 Å². The van der Waals surface area contributed by atoms with Crippen LogP contribution in [0.15, 0.2) is 28.9 Å². The molecule has 2 N–H and O–H groups in total. The third-order valence-electron chi connectivity index (χ3n) is 4.94. The minimum Gasteiger partial charge on any atom is -0.367 e. The summed E-state index contributed by atoms with van der Waals surface area (Å²) in [6, 6.07) is 4.75. The predicted molar refractivity (Wildman–Crippen MR) is 112 cm³/mol. The number of nitrogens with one attached hydrogen (secondary N) is 2. The SMILES string of the molecule is Cc1cnc(N(C)C)nc1NC1CCC(NC(=O)c2ccc(F)c(Br)c2)CC1. The summed E-state index contributed by atoms with van der Waals surface area (Å²) in [5, 5.41) is 6.58. The van der Waals surface area contributed by atoms with E-state index >= 15 is 0 Å². The van der Waals surface area contributed by atoms with Gasteiger partial charge in [0.15, 0.2) is 0 Å². The highest BCUT2D eigenvalue weighted by Gasteiger charge is 2.24. The first kappa shape index (κ1) is 20.5. The van der Waals surface area contributed by atoms with Crippen LogP contribution in [-0.4, -0.2) is 42.1 Å². The molecule has 0 spiro atoms. The lowest BCUT2D eigenvalue weighted by Crippen LogP contribution is -2.40. The topological polar surface area (TPSA) is 70.2 Å². The van der Waals surface area contributed by atoms with E-state index in [-0.39, 0.29) is 17.8 Å². The summed E-state index contributed by atoms with van der Waals surface area (Å²) >= 11 is 3.12. The maximum Gasteiger partial charge on any atom is 0.251 e. The molecule has 2 aromatic rings. The van der Waals surface area contributed by atoms with Gasteiger partial charge in [0.1, 0.15) is 11.6 Å². The van der Waals surface area contributed by atoms with E-state index < -0.39 is 0 Å². The first-order valence-corrected chi connectivity index (χ1v) is 10.2. The number of benzene rings is 1. The number of rotatable bonds is 5. The van der Waals surface area contributed by atoms with Crippen molar-refractivity contribution in [3.05, 3.63) is 45.8 Å². The van der Waals surface area contributed by atoms with Crippen LogP contribution in [0.25, 0.3) is 0 Å². The van der Waals surface area contributed by atoms with Crippen molar-refractivity contribution in [1.82, 2.24) is 15.3 Å². The molecule has 0 atom stereocenters. The number of hydrogen-bond donors (Lipinski definition) is 2. The molecule has 8 heteroatoms. The Kier molecular flexibility index (Phi) is 6.49. The number of halogens is 2. The molecular weight excluding hydrogens is 425 g/mol. The number of aryl methyl sites for hydroxylation is 1. The Morgan fingerprint density at radius 2 is 1.89 bits per heavy atom. The van der Waals surface area contributed by atoms with E-state index in [0.717, 1.165) is 37.1 Å². The molecule has 0 unspecified atom stereocenters. The molecule has 1 aliphatic rings. The Morgan fingerprint density at radius 3 is 2.54 bits per heavy atom. The van der Waals surface area contributed by atoms with Gasteiger partial charge >= 0.3 is 0 Å². The van der Waals surface area contributed by atoms with E-state index in [2.05, 4.69) is 36.5 Å². The van der Waals surface area contributed by atoms with Crippen molar-refractivity contribution in [3.8, 4) is 0 Å². The first-order valence-electron chi connectivity index (χ1n) is 9.37. The number of amides is 1. The van der Waals surface area contributed by atoms with Gasteiger partial charge in [-0.15, -0.1) is 0 Å². The van der Waals surface area contributed by atoms with E-state index in [4.69, 9.17) is 0 Å². The molecule has 1 amide bonds. The van der Waals surface area contributed by atoms with E-state index in [0.29, 0.717) is 22.0 Å².